The summed E-state index contributed by atoms with van der Waals surface area (Å²) < 4.78 is 5.20. The third-order valence-electron chi connectivity index (χ3n) is 4.63. The molecule has 0 aliphatic carbocycles. The first kappa shape index (κ1) is 20.3. The normalized spacial score (nSPS) is 17.0. The number of hydrogen-bond acceptors (Lipinski definition) is 5. The number of nitrogens with one attached hydrogen (secondary N) is 1. The molecule has 4 nitrogen and oxygen atoms in total. The number of methoxy groups -OCH3 is 1. The van der Waals surface area contributed by atoms with E-state index < -0.39 is 0 Å². The van der Waals surface area contributed by atoms with E-state index >= 15 is 0 Å². The monoisotopic (exact) mass is 381 g/mol. The number of benzene rings is 1. The van der Waals surface area contributed by atoms with Gasteiger partial charge in [0.05, 0.1) is 17.8 Å². The summed E-state index contributed by atoms with van der Waals surface area (Å²) in [4.78, 5) is 8.37. The Labute approximate surface area is 161 Å². The van der Waals surface area contributed by atoms with E-state index in [1.807, 2.05) is 5.51 Å². The van der Waals surface area contributed by atoms with E-state index in [-0.39, 0.29) is 12.4 Å². The van der Waals surface area contributed by atoms with Crippen molar-refractivity contribution in [3.8, 4) is 0 Å². The van der Waals surface area contributed by atoms with E-state index in [1.54, 1.807) is 18.4 Å². The minimum absolute atomic E-state index is 0. The third kappa shape index (κ3) is 6.04. The second kappa shape index (κ2) is 10.2. The van der Waals surface area contributed by atoms with E-state index in [0.29, 0.717) is 6.61 Å². The largest absolute Gasteiger partial charge is 0.380 e. The standard InChI is InChI=1S/C19H27N3OS.ClH/c1-15-19(24-14-21-15)12-22(11-18-7-8-20-9-18)10-16-3-5-17(6-4-16)13-23-2;/h3-6,14,18,20H,7-13H2,1-2H3;1H. The maximum atomic E-state index is 5.20. The molecule has 1 N–H and O–H groups in total. The van der Waals surface area contributed by atoms with Gasteiger partial charge in [-0.15, -0.1) is 23.7 Å². The Morgan fingerprint density at radius 3 is 2.60 bits per heavy atom. The Balaban J connectivity index is 0.00000225. The minimum atomic E-state index is 0. The van der Waals surface area contributed by atoms with E-state index in [1.165, 1.54) is 28.1 Å². The summed E-state index contributed by atoms with van der Waals surface area (Å²) in [6.07, 6.45) is 1.28. The number of nitrogens with zero attached hydrogens (tertiary/aromatic N) is 2. The first-order valence-electron chi connectivity index (χ1n) is 8.63. The molecule has 0 amide bonds. The van der Waals surface area contributed by atoms with Crippen molar-refractivity contribution in [2.75, 3.05) is 26.7 Å². The molecule has 25 heavy (non-hydrogen) atoms. The van der Waals surface area contributed by atoms with Crippen molar-refractivity contribution in [2.45, 2.75) is 33.0 Å². The van der Waals surface area contributed by atoms with Gasteiger partial charge in [0.1, 0.15) is 0 Å². The molecule has 2 heterocycles. The fourth-order valence-corrected chi connectivity index (χ4v) is 4.09. The van der Waals surface area contributed by atoms with Crippen LogP contribution >= 0.6 is 23.7 Å². The van der Waals surface area contributed by atoms with Crippen LogP contribution in [0.3, 0.4) is 0 Å². The Kier molecular flexibility index (Phi) is 8.33. The van der Waals surface area contributed by atoms with E-state index in [2.05, 4.69) is 46.4 Å². The first-order chi connectivity index (χ1) is 11.7. The summed E-state index contributed by atoms with van der Waals surface area (Å²) in [5.41, 5.74) is 5.72. The fourth-order valence-electron chi connectivity index (χ4n) is 3.27. The lowest BCUT2D eigenvalue weighted by Gasteiger charge is -2.25. The molecule has 1 unspecified atom stereocenters. The van der Waals surface area contributed by atoms with Gasteiger partial charge in [-0.2, -0.15) is 0 Å². The van der Waals surface area contributed by atoms with Crippen LogP contribution in [-0.2, 0) is 24.4 Å². The van der Waals surface area contributed by atoms with Gasteiger partial charge in [0, 0.05) is 31.6 Å². The average Bonchev–Trinajstić information content (AvgIpc) is 3.22. The quantitative estimate of drug-likeness (QED) is 0.757. The smallest absolute Gasteiger partial charge is 0.0798 e. The van der Waals surface area contributed by atoms with Crippen LogP contribution in [0, 0.1) is 12.8 Å². The molecule has 0 saturated carbocycles. The van der Waals surface area contributed by atoms with Crippen molar-refractivity contribution >= 4 is 23.7 Å². The lowest BCUT2D eigenvalue weighted by molar-refractivity contribution is 0.185. The Bertz CT molecular complexity index is 626. The molecule has 2 aromatic rings. The lowest BCUT2D eigenvalue weighted by Crippen LogP contribution is -2.30. The number of rotatable bonds is 8. The lowest BCUT2D eigenvalue weighted by atomic mass is 10.1. The van der Waals surface area contributed by atoms with Crippen LogP contribution in [0.2, 0.25) is 0 Å². The molecule has 0 bridgehead atoms. The molecule has 1 aliphatic rings. The van der Waals surface area contributed by atoms with Crippen molar-refractivity contribution in [1.82, 2.24) is 15.2 Å². The van der Waals surface area contributed by atoms with Crippen molar-refractivity contribution in [3.05, 3.63) is 51.5 Å². The number of halogens is 1. The van der Waals surface area contributed by atoms with Gasteiger partial charge in [0.15, 0.2) is 0 Å². The zero-order valence-electron chi connectivity index (χ0n) is 15.0. The zero-order valence-corrected chi connectivity index (χ0v) is 16.7. The molecule has 1 aliphatic heterocycles. The van der Waals surface area contributed by atoms with Crippen LogP contribution in [0.5, 0.6) is 0 Å². The highest BCUT2D eigenvalue weighted by Gasteiger charge is 2.19. The molecular weight excluding hydrogens is 354 g/mol. The van der Waals surface area contributed by atoms with Crippen LogP contribution in [-0.4, -0.2) is 36.6 Å². The molecule has 1 fully saturated rings. The molecular formula is C19H28ClN3OS. The average molecular weight is 382 g/mol. The summed E-state index contributed by atoms with van der Waals surface area (Å²) in [6.45, 7) is 8.21. The van der Waals surface area contributed by atoms with Gasteiger partial charge in [-0.25, -0.2) is 4.98 Å². The molecule has 1 atom stereocenters. The number of hydrogen-bond donors (Lipinski definition) is 1. The topological polar surface area (TPSA) is 37.4 Å². The number of aryl methyl sites for hydroxylation is 1. The molecule has 0 spiro atoms. The second-order valence-electron chi connectivity index (χ2n) is 6.64. The maximum absolute atomic E-state index is 5.20. The predicted molar refractivity (Wildman–Crippen MR) is 106 cm³/mol. The third-order valence-corrected chi connectivity index (χ3v) is 5.55. The van der Waals surface area contributed by atoms with Gasteiger partial charge >= 0.3 is 0 Å². The Morgan fingerprint density at radius 2 is 2.00 bits per heavy atom. The fraction of sp³-hybridized carbons (Fsp3) is 0.526. The van der Waals surface area contributed by atoms with Gasteiger partial charge in [-0.1, -0.05) is 24.3 Å². The molecule has 1 saturated heterocycles. The zero-order chi connectivity index (χ0) is 16.8. The van der Waals surface area contributed by atoms with Crippen molar-refractivity contribution in [1.29, 1.82) is 0 Å². The molecule has 6 heteroatoms. The number of aromatic nitrogens is 1. The predicted octanol–water partition coefficient (Wildman–Crippen LogP) is 3.63. The van der Waals surface area contributed by atoms with Gasteiger partial charge in [-0.05, 0) is 43.5 Å². The van der Waals surface area contributed by atoms with Crippen molar-refractivity contribution < 1.29 is 4.74 Å². The SMILES string of the molecule is COCc1ccc(CN(Cc2scnc2C)CC2CCNC2)cc1.Cl. The number of thiazole rings is 1. The Hall–Kier alpha value is -0.980. The van der Waals surface area contributed by atoms with E-state index in [9.17, 15) is 0 Å². The summed E-state index contributed by atoms with van der Waals surface area (Å²) in [5.74, 6) is 0.756. The molecule has 0 radical (unpaired) electrons. The van der Waals surface area contributed by atoms with Gasteiger partial charge < -0.3 is 10.1 Å². The van der Waals surface area contributed by atoms with E-state index in [4.69, 9.17) is 4.74 Å². The van der Waals surface area contributed by atoms with Gasteiger partial charge in [-0.3, -0.25) is 4.90 Å². The minimum Gasteiger partial charge on any atom is -0.380 e. The number of ether oxygens (including phenoxy) is 1. The van der Waals surface area contributed by atoms with Crippen molar-refractivity contribution in [2.24, 2.45) is 5.92 Å². The molecule has 138 valence electrons. The highest BCUT2D eigenvalue weighted by atomic mass is 35.5. The van der Waals surface area contributed by atoms with Crippen LogP contribution in [0.1, 0.15) is 28.1 Å². The van der Waals surface area contributed by atoms with Crippen LogP contribution < -0.4 is 5.32 Å². The van der Waals surface area contributed by atoms with Crippen LogP contribution in [0.25, 0.3) is 0 Å². The highest BCUT2D eigenvalue weighted by Crippen LogP contribution is 2.20. The summed E-state index contributed by atoms with van der Waals surface area (Å²) in [6, 6.07) is 8.81. The maximum Gasteiger partial charge on any atom is 0.0798 e. The first-order valence-corrected chi connectivity index (χ1v) is 9.51. The molecule has 1 aromatic heterocycles. The Morgan fingerprint density at radius 1 is 1.24 bits per heavy atom. The molecule has 3 rings (SSSR count). The van der Waals surface area contributed by atoms with Crippen molar-refractivity contribution in [3.63, 3.8) is 0 Å². The van der Waals surface area contributed by atoms with Crippen LogP contribution in [0.4, 0.5) is 0 Å². The van der Waals surface area contributed by atoms with E-state index in [0.717, 1.165) is 38.6 Å². The summed E-state index contributed by atoms with van der Waals surface area (Å²) in [7, 11) is 1.74. The van der Waals surface area contributed by atoms with Gasteiger partial charge in [0.25, 0.3) is 0 Å². The highest BCUT2D eigenvalue weighted by molar-refractivity contribution is 7.09. The molecule has 1 aromatic carbocycles. The summed E-state index contributed by atoms with van der Waals surface area (Å²) in [5, 5.41) is 3.48. The van der Waals surface area contributed by atoms with Gasteiger partial charge in [0.2, 0.25) is 0 Å². The second-order valence-corrected chi connectivity index (χ2v) is 7.58. The summed E-state index contributed by atoms with van der Waals surface area (Å²) >= 11 is 1.77. The van der Waals surface area contributed by atoms with Crippen LogP contribution in [0.15, 0.2) is 29.8 Å².